The Bertz CT molecular complexity index is 713. The van der Waals surface area contributed by atoms with Gasteiger partial charge in [-0.05, 0) is 54.2 Å². The van der Waals surface area contributed by atoms with Crippen molar-refractivity contribution in [2.75, 3.05) is 23.3 Å². The van der Waals surface area contributed by atoms with Crippen LogP contribution < -0.4 is 10.2 Å². The summed E-state index contributed by atoms with van der Waals surface area (Å²) < 4.78 is 0.844. The van der Waals surface area contributed by atoms with Gasteiger partial charge in [-0.3, -0.25) is 4.79 Å². The van der Waals surface area contributed by atoms with E-state index < -0.39 is 0 Å². The first kappa shape index (κ1) is 15.9. The van der Waals surface area contributed by atoms with Gasteiger partial charge in [0.2, 0.25) is 5.95 Å². The predicted octanol–water partition coefficient (Wildman–Crippen LogP) is 3.79. The molecule has 120 valence electrons. The zero-order valence-electron chi connectivity index (χ0n) is 13.1. The standard InChI is InChI=1S/C17H19BrN4O/c1-12-13(16(23)21-15-8-4-3-7-14(15)18)11-19-17(20-12)22-9-5-2-6-10-22/h3-4,7-8,11H,2,5-6,9-10H2,1H3,(H,21,23). The summed E-state index contributed by atoms with van der Waals surface area (Å²) >= 11 is 3.43. The van der Waals surface area contributed by atoms with Gasteiger partial charge >= 0.3 is 0 Å². The van der Waals surface area contributed by atoms with E-state index in [1.54, 1.807) is 6.20 Å². The van der Waals surface area contributed by atoms with Crippen molar-refractivity contribution in [1.82, 2.24) is 9.97 Å². The molecule has 1 aromatic heterocycles. The number of aromatic nitrogens is 2. The molecule has 3 rings (SSSR count). The average molecular weight is 375 g/mol. The number of carbonyl (C=O) groups excluding carboxylic acids is 1. The Morgan fingerprint density at radius 2 is 1.96 bits per heavy atom. The van der Waals surface area contributed by atoms with Gasteiger partial charge in [0.25, 0.3) is 5.91 Å². The van der Waals surface area contributed by atoms with Gasteiger partial charge in [-0.1, -0.05) is 12.1 Å². The van der Waals surface area contributed by atoms with Crippen molar-refractivity contribution in [2.45, 2.75) is 26.2 Å². The first-order valence-electron chi connectivity index (χ1n) is 7.79. The maximum absolute atomic E-state index is 12.4. The van der Waals surface area contributed by atoms with Gasteiger partial charge in [0.05, 0.1) is 16.9 Å². The number of nitrogens with one attached hydrogen (secondary N) is 1. The third-order valence-corrected chi connectivity index (χ3v) is 4.66. The molecule has 1 N–H and O–H groups in total. The molecule has 0 aliphatic carbocycles. The number of piperidine rings is 1. The van der Waals surface area contributed by atoms with Crippen LogP contribution in [0.5, 0.6) is 0 Å². The van der Waals surface area contributed by atoms with Crippen molar-refractivity contribution in [2.24, 2.45) is 0 Å². The Balaban J connectivity index is 1.77. The fourth-order valence-corrected chi connectivity index (χ4v) is 3.06. The molecular formula is C17H19BrN4O. The topological polar surface area (TPSA) is 58.1 Å². The highest BCUT2D eigenvalue weighted by atomic mass is 79.9. The molecule has 2 aromatic rings. The summed E-state index contributed by atoms with van der Waals surface area (Å²) in [5.74, 6) is 0.527. The molecule has 0 bridgehead atoms. The molecule has 0 spiro atoms. The van der Waals surface area contributed by atoms with E-state index >= 15 is 0 Å². The normalized spacial score (nSPS) is 14.6. The van der Waals surface area contributed by atoms with Crippen LogP contribution in [0.3, 0.4) is 0 Å². The summed E-state index contributed by atoms with van der Waals surface area (Å²) in [6, 6.07) is 7.52. The van der Waals surface area contributed by atoms with Crippen LogP contribution in [-0.2, 0) is 0 Å². The molecule has 23 heavy (non-hydrogen) atoms. The largest absolute Gasteiger partial charge is 0.341 e. The lowest BCUT2D eigenvalue weighted by atomic mass is 10.1. The highest BCUT2D eigenvalue weighted by molar-refractivity contribution is 9.10. The number of hydrogen-bond donors (Lipinski definition) is 1. The molecule has 6 heteroatoms. The van der Waals surface area contributed by atoms with E-state index in [1.165, 1.54) is 19.3 Å². The van der Waals surface area contributed by atoms with Crippen LogP contribution in [0.4, 0.5) is 11.6 Å². The molecule has 1 saturated heterocycles. The summed E-state index contributed by atoms with van der Waals surface area (Å²) in [5.41, 5.74) is 1.93. The molecule has 2 heterocycles. The number of carbonyl (C=O) groups is 1. The van der Waals surface area contributed by atoms with Gasteiger partial charge in [-0.2, -0.15) is 0 Å². The quantitative estimate of drug-likeness (QED) is 0.887. The minimum absolute atomic E-state index is 0.195. The second kappa shape index (κ2) is 7.08. The number of nitrogens with zero attached hydrogens (tertiary/aromatic N) is 3. The molecule has 1 fully saturated rings. The molecule has 1 aliphatic rings. The zero-order valence-corrected chi connectivity index (χ0v) is 14.6. The summed E-state index contributed by atoms with van der Waals surface area (Å²) in [4.78, 5) is 23.6. The van der Waals surface area contributed by atoms with Crippen molar-refractivity contribution >= 4 is 33.5 Å². The van der Waals surface area contributed by atoms with E-state index in [2.05, 4.69) is 36.1 Å². The van der Waals surface area contributed by atoms with Crippen molar-refractivity contribution in [3.63, 3.8) is 0 Å². The number of anilines is 2. The lowest BCUT2D eigenvalue weighted by Gasteiger charge is -2.26. The molecule has 0 unspecified atom stereocenters. The van der Waals surface area contributed by atoms with E-state index in [0.29, 0.717) is 11.3 Å². The number of halogens is 1. The van der Waals surface area contributed by atoms with Crippen molar-refractivity contribution < 1.29 is 4.79 Å². The van der Waals surface area contributed by atoms with Crippen LogP contribution in [0, 0.1) is 6.92 Å². The number of amides is 1. The number of hydrogen-bond acceptors (Lipinski definition) is 4. The highest BCUT2D eigenvalue weighted by Crippen LogP contribution is 2.22. The lowest BCUT2D eigenvalue weighted by Crippen LogP contribution is -2.31. The molecular weight excluding hydrogens is 356 g/mol. The van der Waals surface area contributed by atoms with Gasteiger partial charge in [-0.25, -0.2) is 9.97 Å². The van der Waals surface area contributed by atoms with Crippen LogP contribution >= 0.6 is 15.9 Å². The molecule has 1 aromatic carbocycles. The molecule has 1 aliphatic heterocycles. The zero-order chi connectivity index (χ0) is 16.2. The fourth-order valence-electron chi connectivity index (χ4n) is 2.68. The maximum atomic E-state index is 12.4. The predicted molar refractivity (Wildman–Crippen MR) is 94.9 cm³/mol. The van der Waals surface area contributed by atoms with Gasteiger partial charge in [0.1, 0.15) is 0 Å². The number of benzene rings is 1. The Labute approximate surface area is 144 Å². The third-order valence-electron chi connectivity index (χ3n) is 3.97. The Hall–Kier alpha value is -1.95. The van der Waals surface area contributed by atoms with Crippen molar-refractivity contribution in [3.8, 4) is 0 Å². The van der Waals surface area contributed by atoms with Crippen molar-refractivity contribution in [3.05, 3.63) is 46.2 Å². The molecule has 0 saturated carbocycles. The van der Waals surface area contributed by atoms with E-state index in [1.807, 2.05) is 31.2 Å². The van der Waals surface area contributed by atoms with Gasteiger partial charge < -0.3 is 10.2 Å². The van der Waals surface area contributed by atoms with E-state index in [-0.39, 0.29) is 5.91 Å². The first-order valence-corrected chi connectivity index (χ1v) is 8.59. The van der Waals surface area contributed by atoms with Crippen LogP contribution in [0.15, 0.2) is 34.9 Å². The monoisotopic (exact) mass is 374 g/mol. The molecule has 0 atom stereocenters. The smallest absolute Gasteiger partial charge is 0.259 e. The van der Waals surface area contributed by atoms with E-state index in [9.17, 15) is 4.79 Å². The second-order valence-electron chi connectivity index (χ2n) is 5.65. The summed E-state index contributed by atoms with van der Waals surface area (Å²) in [5, 5.41) is 2.89. The summed E-state index contributed by atoms with van der Waals surface area (Å²) in [7, 11) is 0. The Morgan fingerprint density at radius 3 is 2.65 bits per heavy atom. The van der Waals surface area contributed by atoms with E-state index in [0.717, 1.165) is 29.2 Å². The van der Waals surface area contributed by atoms with Crippen LogP contribution in [-0.4, -0.2) is 29.0 Å². The molecule has 1 amide bonds. The highest BCUT2D eigenvalue weighted by Gasteiger charge is 2.17. The second-order valence-corrected chi connectivity index (χ2v) is 6.51. The average Bonchev–Trinajstić information content (AvgIpc) is 2.57. The number of para-hydroxylation sites is 1. The number of rotatable bonds is 3. The Kier molecular flexibility index (Phi) is 4.91. The minimum atomic E-state index is -0.195. The Morgan fingerprint density at radius 1 is 1.22 bits per heavy atom. The van der Waals surface area contributed by atoms with Gasteiger partial charge in [0, 0.05) is 23.8 Å². The summed E-state index contributed by atoms with van der Waals surface area (Å²) in [6.45, 7) is 3.83. The van der Waals surface area contributed by atoms with Gasteiger partial charge in [0.15, 0.2) is 0 Å². The van der Waals surface area contributed by atoms with E-state index in [4.69, 9.17) is 0 Å². The van der Waals surface area contributed by atoms with Crippen molar-refractivity contribution in [1.29, 1.82) is 0 Å². The lowest BCUT2D eigenvalue weighted by molar-refractivity contribution is 0.102. The van der Waals surface area contributed by atoms with Crippen LogP contribution in [0.2, 0.25) is 0 Å². The molecule has 5 nitrogen and oxygen atoms in total. The SMILES string of the molecule is Cc1nc(N2CCCCC2)ncc1C(=O)Nc1ccccc1Br. The maximum Gasteiger partial charge on any atom is 0.259 e. The minimum Gasteiger partial charge on any atom is -0.341 e. The van der Waals surface area contributed by atoms with Gasteiger partial charge in [-0.15, -0.1) is 0 Å². The summed E-state index contributed by atoms with van der Waals surface area (Å²) in [6.07, 6.45) is 5.24. The van der Waals surface area contributed by atoms with Crippen LogP contribution in [0.1, 0.15) is 35.3 Å². The third kappa shape index (κ3) is 3.69. The fraction of sp³-hybridized carbons (Fsp3) is 0.353. The van der Waals surface area contributed by atoms with Crippen LogP contribution in [0.25, 0.3) is 0 Å². The first-order chi connectivity index (χ1) is 11.1. The molecule has 0 radical (unpaired) electrons. The number of aryl methyl sites for hydroxylation is 1.